The molecule has 2 rings (SSSR count). The van der Waals surface area contributed by atoms with Crippen LogP contribution in [-0.2, 0) is 6.54 Å². The molecule has 20 heavy (non-hydrogen) atoms. The van der Waals surface area contributed by atoms with Crippen molar-refractivity contribution >= 4 is 5.82 Å². The van der Waals surface area contributed by atoms with Gasteiger partial charge in [0, 0.05) is 5.56 Å². The largest absolute Gasteiger partial charge is 0.493 e. The SMILES string of the molecule is COc1ccc(Cn2ncc(C)c2N)cc1OC(F)F. The van der Waals surface area contributed by atoms with Crippen LogP contribution in [0.25, 0.3) is 0 Å². The molecule has 0 saturated carbocycles. The van der Waals surface area contributed by atoms with Crippen LogP contribution in [0.5, 0.6) is 11.5 Å². The fraction of sp³-hybridized carbons (Fsp3) is 0.308. The number of nitrogens with zero attached hydrogens (tertiary/aromatic N) is 2. The summed E-state index contributed by atoms with van der Waals surface area (Å²) in [6, 6.07) is 4.80. The first-order chi connectivity index (χ1) is 9.51. The van der Waals surface area contributed by atoms with E-state index in [4.69, 9.17) is 10.5 Å². The van der Waals surface area contributed by atoms with Crippen molar-refractivity contribution in [3.8, 4) is 11.5 Å². The number of hydrogen-bond acceptors (Lipinski definition) is 4. The summed E-state index contributed by atoms with van der Waals surface area (Å²) in [7, 11) is 1.39. The van der Waals surface area contributed by atoms with Gasteiger partial charge in [0.15, 0.2) is 11.5 Å². The van der Waals surface area contributed by atoms with Gasteiger partial charge >= 0.3 is 6.61 Å². The molecule has 7 heteroatoms. The van der Waals surface area contributed by atoms with Crippen molar-refractivity contribution in [3.05, 3.63) is 35.5 Å². The second kappa shape index (κ2) is 5.77. The van der Waals surface area contributed by atoms with Crippen LogP contribution >= 0.6 is 0 Å². The molecule has 2 N–H and O–H groups in total. The number of nitrogens with two attached hydrogens (primary N) is 1. The smallest absolute Gasteiger partial charge is 0.387 e. The Morgan fingerprint density at radius 2 is 2.10 bits per heavy atom. The van der Waals surface area contributed by atoms with Crippen LogP contribution in [0.3, 0.4) is 0 Å². The molecule has 0 amide bonds. The molecule has 108 valence electrons. The summed E-state index contributed by atoms with van der Waals surface area (Å²) in [5.74, 6) is 0.776. The summed E-state index contributed by atoms with van der Waals surface area (Å²) >= 11 is 0. The maximum Gasteiger partial charge on any atom is 0.387 e. The van der Waals surface area contributed by atoms with Crippen LogP contribution in [0.4, 0.5) is 14.6 Å². The maximum atomic E-state index is 12.3. The Balaban J connectivity index is 2.26. The predicted molar refractivity (Wildman–Crippen MR) is 70.1 cm³/mol. The van der Waals surface area contributed by atoms with Crippen LogP contribution in [0.2, 0.25) is 0 Å². The molecule has 1 heterocycles. The first kappa shape index (κ1) is 14.1. The Hall–Kier alpha value is -2.31. The number of alkyl halides is 2. The highest BCUT2D eigenvalue weighted by Crippen LogP contribution is 2.30. The van der Waals surface area contributed by atoms with Crippen molar-refractivity contribution in [2.75, 3.05) is 12.8 Å². The quantitative estimate of drug-likeness (QED) is 0.915. The predicted octanol–water partition coefficient (Wildman–Crippen LogP) is 2.43. The molecular formula is C13H15F2N3O2. The second-order valence-electron chi connectivity index (χ2n) is 4.23. The van der Waals surface area contributed by atoms with Gasteiger partial charge < -0.3 is 15.2 Å². The van der Waals surface area contributed by atoms with Crippen molar-refractivity contribution in [2.45, 2.75) is 20.1 Å². The number of rotatable bonds is 5. The van der Waals surface area contributed by atoms with E-state index in [1.165, 1.54) is 13.2 Å². The highest BCUT2D eigenvalue weighted by Gasteiger charge is 2.12. The standard InChI is InChI=1S/C13H15F2N3O2/c1-8-6-17-18(12(8)16)7-9-3-4-10(19-2)11(5-9)20-13(14)15/h3-6,13H,7,16H2,1-2H3. The minimum absolute atomic E-state index is 0.0116. The highest BCUT2D eigenvalue weighted by atomic mass is 19.3. The van der Waals surface area contributed by atoms with E-state index in [-0.39, 0.29) is 11.5 Å². The summed E-state index contributed by atoms with van der Waals surface area (Å²) < 4.78 is 35.7. The normalized spacial score (nSPS) is 10.8. The van der Waals surface area contributed by atoms with Crippen molar-refractivity contribution in [1.82, 2.24) is 9.78 Å². The van der Waals surface area contributed by atoms with Crippen molar-refractivity contribution in [1.29, 1.82) is 0 Å². The molecule has 2 aromatic rings. The molecule has 1 aromatic carbocycles. The van der Waals surface area contributed by atoms with E-state index in [1.807, 2.05) is 6.92 Å². The Labute approximate surface area is 114 Å². The van der Waals surface area contributed by atoms with Crippen LogP contribution < -0.4 is 15.2 Å². The summed E-state index contributed by atoms with van der Waals surface area (Å²) in [6.07, 6.45) is 1.65. The Kier molecular flexibility index (Phi) is 4.07. The number of anilines is 1. The first-order valence-corrected chi connectivity index (χ1v) is 5.91. The van der Waals surface area contributed by atoms with Crippen LogP contribution in [0.1, 0.15) is 11.1 Å². The third-order valence-electron chi connectivity index (χ3n) is 2.85. The van der Waals surface area contributed by atoms with Gasteiger partial charge in [-0.15, -0.1) is 0 Å². The molecule has 0 atom stereocenters. The molecule has 0 spiro atoms. The maximum absolute atomic E-state index is 12.3. The van der Waals surface area contributed by atoms with Gasteiger partial charge in [0.2, 0.25) is 0 Å². The van der Waals surface area contributed by atoms with Crippen LogP contribution in [0.15, 0.2) is 24.4 Å². The number of ether oxygens (including phenoxy) is 2. The van der Waals surface area contributed by atoms with Crippen LogP contribution in [0, 0.1) is 6.92 Å². The van der Waals surface area contributed by atoms with Gasteiger partial charge in [0.1, 0.15) is 5.82 Å². The topological polar surface area (TPSA) is 62.3 Å². The zero-order valence-electron chi connectivity index (χ0n) is 11.1. The molecule has 0 unspecified atom stereocenters. The number of halogens is 2. The van der Waals surface area contributed by atoms with E-state index in [0.29, 0.717) is 12.4 Å². The monoisotopic (exact) mass is 283 g/mol. The zero-order valence-corrected chi connectivity index (χ0v) is 11.1. The van der Waals surface area contributed by atoms with E-state index in [0.717, 1.165) is 11.1 Å². The van der Waals surface area contributed by atoms with Crippen molar-refractivity contribution < 1.29 is 18.3 Å². The lowest BCUT2D eigenvalue weighted by Crippen LogP contribution is -2.08. The molecule has 0 aliphatic rings. The number of aryl methyl sites for hydroxylation is 1. The number of hydrogen-bond donors (Lipinski definition) is 1. The van der Waals surface area contributed by atoms with Gasteiger partial charge in [-0.1, -0.05) is 6.07 Å². The summed E-state index contributed by atoms with van der Waals surface area (Å²) in [4.78, 5) is 0. The number of nitrogen functional groups attached to an aromatic ring is 1. The molecule has 0 radical (unpaired) electrons. The van der Waals surface area contributed by atoms with Gasteiger partial charge in [0.25, 0.3) is 0 Å². The third-order valence-corrected chi connectivity index (χ3v) is 2.85. The zero-order chi connectivity index (χ0) is 14.7. The molecule has 1 aromatic heterocycles. The van der Waals surface area contributed by atoms with E-state index < -0.39 is 6.61 Å². The van der Waals surface area contributed by atoms with Gasteiger partial charge in [-0.3, -0.25) is 0 Å². The Morgan fingerprint density at radius 3 is 2.65 bits per heavy atom. The Bertz CT molecular complexity index is 599. The number of methoxy groups -OCH3 is 1. The average molecular weight is 283 g/mol. The molecule has 0 fully saturated rings. The lowest BCUT2D eigenvalue weighted by molar-refractivity contribution is -0.0512. The fourth-order valence-electron chi connectivity index (χ4n) is 1.79. The van der Waals surface area contributed by atoms with Gasteiger partial charge in [0.05, 0.1) is 19.9 Å². The minimum Gasteiger partial charge on any atom is -0.493 e. The second-order valence-corrected chi connectivity index (χ2v) is 4.23. The highest BCUT2D eigenvalue weighted by molar-refractivity contribution is 5.44. The van der Waals surface area contributed by atoms with Gasteiger partial charge in [-0.2, -0.15) is 13.9 Å². The minimum atomic E-state index is -2.91. The molecule has 0 aliphatic heterocycles. The lowest BCUT2D eigenvalue weighted by atomic mass is 10.2. The van der Waals surface area contributed by atoms with E-state index in [2.05, 4.69) is 9.84 Å². The summed E-state index contributed by atoms with van der Waals surface area (Å²) in [6.45, 7) is -0.697. The van der Waals surface area contributed by atoms with Crippen LogP contribution in [-0.4, -0.2) is 23.5 Å². The van der Waals surface area contributed by atoms with Gasteiger partial charge in [-0.25, -0.2) is 4.68 Å². The molecule has 0 saturated heterocycles. The van der Waals surface area contributed by atoms with Gasteiger partial charge in [-0.05, 0) is 24.6 Å². The molecular weight excluding hydrogens is 268 g/mol. The summed E-state index contributed by atoms with van der Waals surface area (Å²) in [5, 5.41) is 4.12. The van der Waals surface area contributed by atoms with E-state index in [9.17, 15) is 8.78 Å². The first-order valence-electron chi connectivity index (χ1n) is 5.91. The number of aromatic nitrogens is 2. The van der Waals surface area contributed by atoms with E-state index in [1.54, 1.807) is 23.0 Å². The van der Waals surface area contributed by atoms with Crippen molar-refractivity contribution in [3.63, 3.8) is 0 Å². The van der Waals surface area contributed by atoms with Crippen molar-refractivity contribution in [2.24, 2.45) is 0 Å². The number of benzene rings is 1. The Morgan fingerprint density at radius 1 is 1.35 bits per heavy atom. The summed E-state index contributed by atoms with van der Waals surface area (Å²) in [5.41, 5.74) is 7.45. The third kappa shape index (κ3) is 2.98. The fourth-order valence-corrected chi connectivity index (χ4v) is 1.79. The molecule has 0 aliphatic carbocycles. The average Bonchev–Trinajstić information content (AvgIpc) is 2.70. The lowest BCUT2D eigenvalue weighted by Gasteiger charge is -2.12. The van der Waals surface area contributed by atoms with E-state index >= 15 is 0 Å². The molecule has 5 nitrogen and oxygen atoms in total. The molecule has 0 bridgehead atoms.